The van der Waals surface area contributed by atoms with Crippen molar-refractivity contribution in [1.82, 2.24) is 5.32 Å². The summed E-state index contributed by atoms with van der Waals surface area (Å²) in [7, 11) is 1.63. The number of hydrogen-bond acceptors (Lipinski definition) is 2. The van der Waals surface area contributed by atoms with E-state index in [4.69, 9.17) is 4.74 Å². The monoisotopic (exact) mass is 329 g/mol. The van der Waals surface area contributed by atoms with Crippen LogP contribution in [0.3, 0.4) is 0 Å². The van der Waals surface area contributed by atoms with Crippen LogP contribution in [0.25, 0.3) is 0 Å². The fourth-order valence-electron chi connectivity index (χ4n) is 2.62. The van der Waals surface area contributed by atoms with Crippen LogP contribution in [-0.2, 0) is 11.2 Å². The fraction of sp³-hybridized carbons (Fsp3) is 0.350. The maximum atomic E-state index is 13.0. The van der Waals surface area contributed by atoms with Gasteiger partial charge in [-0.2, -0.15) is 0 Å². The number of ether oxygens (including phenoxy) is 1. The smallest absolute Gasteiger partial charge is 0.224 e. The number of carbonyl (C=O) groups excluding carboxylic acids is 1. The van der Waals surface area contributed by atoms with Gasteiger partial charge in [-0.25, -0.2) is 4.39 Å². The van der Waals surface area contributed by atoms with Crippen LogP contribution in [0.15, 0.2) is 48.5 Å². The first kappa shape index (κ1) is 18.0. The zero-order chi connectivity index (χ0) is 17.5. The van der Waals surface area contributed by atoms with Gasteiger partial charge in [0.15, 0.2) is 0 Å². The first-order chi connectivity index (χ1) is 11.5. The van der Waals surface area contributed by atoms with Crippen molar-refractivity contribution in [2.75, 3.05) is 7.11 Å². The number of nitrogens with one attached hydrogen (secondary N) is 1. The molecule has 0 aliphatic rings. The molecule has 4 heteroatoms. The number of halogens is 1. The van der Waals surface area contributed by atoms with Crippen LogP contribution in [-0.4, -0.2) is 13.0 Å². The summed E-state index contributed by atoms with van der Waals surface area (Å²) in [4.78, 5) is 12.4. The van der Waals surface area contributed by atoms with Crippen molar-refractivity contribution in [3.63, 3.8) is 0 Å². The van der Waals surface area contributed by atoms with Gasteiger partial charge in [-0.3, -0.25) is 4.79 Å². The highest BCUT2D eigenvalue weighted by molar-refractivity contribution is 5.79. The Morgan fingerprint density at radius 3 is 2.25 bits per heavy atom. The Kier molecular flexibility index (Phi) is 6.36. The molecule has 0 spiro atoms. The summed E-state index contributed by atoms with van der Waals surface area (Å²) < 4.78 is 18.1. The van der Waals surface area contributed by atoms with Crippen molar-refractivity contribution in [2.24, 2.45) is 5.92 Å². The second kappa shape index (κ2) is 8.48. The second-order valence-electron chi connectivity index (χ2n) is 6.33. The maximum absolute atomic E-state index is 13.0. The molecule has 24 heavy (non-hydrogen) atoms. The van der Waals surface area contributed by atoms with Crippen molar-refractivity contribution < 1.29 is 13.9 Å². The van der Waals surface area contributed by atoms with Crippen molar-refractivity contribution in [2.45, 2.75) is 32.7 Å². The molecule has 1 N–H and O–H groups in total. The largest absolute Gasteiger partial charge is 0.497 e. The second-order valence-corrected chi connectivity index (χ2v) is 6.33. The molecule has 2 rings (SSSR count). The topological polar surface area (TPSA) is 38.3 Å². The van der Waals surface area contributed by atoms with E-state index in [0.29, 0.717) is 5.92 Å². The number of rotatable bonds is 7. The summed E-state index contributed by atoms with van der Waals surface area (Å²) >= 11 is 0. The molecule has 128 valence electrons. The molecule has 2 aromatic carbocycles. The number of hydrogen-bond donors (Lipinski definition) is 1. The summed E-state index contributed by atoms with van der Waals surface area (Å²) in [6.07, 6.45) is 1.09. The lowest BCUT2D eigenvalue weighted by atomic mass is 9.96. The molecule has 0 radical (unpaired) electrons. The standard InChI is InChI=1S/C20H24FNO2/c1-14(2)12-19(16-6-10-18(24-3)11-7-16)22-20(23)13-15-4-8-17(21)9-5-15/h4-11,14,19H,12-13H2,1-3H3,(H,22,23)/t19-/m1/s1. The van der Waals surface area contributed by atoms with E-state index >= 15 is 0 Å². The SMILES string of the molecule is COc1ccc([C@@H](CC(C)C)NC(=O)Cc2ccc(F)cc2)cc1. The van der Waals surface area contributed by atoms with Gasteiger partial charge in [-0.05, 0) is 47.7 Å². The van der Waals surface area contributed by atoms with Gasteiger partial charge < -0.3 is 10.1 Å². The van der Waals surface area contributed by atoms with E-state index < -0.39 is 0 Å². The Morgan fingerprint density at radius 1 is 1.08 bits per heavy atom. The number of methoxy groups -OCH3 is 1. The van der Waals surface area contributed by atoms with Gasteiger partial charge >= 0.3 is 0 Å². The Hall–Kier alpha value is -2.36. The van der Waals surface area contributed by atoms with Crippen LogP contribution in [0.1, 0.15) is 37.4 Å². The van der Waals surface area contributed by atoms with Crippen LogP contribution in [0.4, 0.5) is 4.39 Å². The van der Waals surface area contributed by atoms with E-state index in [1.54, 1.807) is 19.2 Å². The van der Waals surface area contributed by atoms with Gasteiger partial charge in [0.1, 0.15) is 11.6 Å². The number of amides is 1. The molecule has 0 unspecified atom stereocenters. The predicted molar refractivity (Wildman–Crippen MR) is 93.4 cm³/mol. The zero-order valence-electron chi connectivity index (χ0n) is 14.4. The van der Waals surface area contributed by atoms with Crippen molar-refractivity contribution >= 4 is 5.91 Å². The Morgan fingerprint density at radius 2 is 1.71 bits per heavy atom. The van der Waals surface area contributed by atoms with E-state index in [9.17, 15) is 9.18 Å². The van der Waals surface area contributed by atoms with E-state index in [1.165, 1.54) is 12.1 Å². The minimum Gasteiger partial charge on any atom is -0.497 e. The molecule has 0 bridgehead atoms. The molecule has 2 aromatic rings. The summed E-state index contributed by atoms with van der Waals surface area (Å²) in [6.45, 7) is 4.26. The molecule has 0 fully saturated rings. The summed E-state index contributed by atoms with van der Waals surface area (Å²) in [5.41, 5.74) is 1.85. The predicted octanol–water partition coefficient (Wildman–Crippen LogP) is 4.28. The van der Waals surface area contributed by atoms with Crippen LogP contribution < -0.4 is 10.1 Å². The molecule has 0 saturated heterocycles. The highest BCUT2D eigenvalue weighted by atomic mass is 19.1. The van der Waals surface area contributed by atoms with Gasteiger partial charge in [-0.15, -0.1) is 0 Å². The molecule has 0 aromatic heterocycles. The van der Waals surface area contributed by atoms with Crippen LogP contribution in [0, 0.1) is 11.7 Å². The van der Waals surface area contributed by atoms with Gasteiger partial charge in [0.25, 0.3) is 0 Å². The molecule has 1 amide bonds. The van der Waals surface area contributed by atoms with E-state index in [-0.39, 0.29) is 24.2 Å². The van der Waals surface area contributed by atoms with Gasteiger partial charge in [0.2, 0.25) is 5.91 Å². The van der Waals surface area contributed by atoms with E-state index in [1.807, 2.05) is 24.3 Å². The molecular formula is C20H24FNO2. The highest BCUT2D eigenvalue weighted by Crippen LogP contribution is 2.23. The van der Waals surface area contributed by atoms with Gasteiger partial charge in [0.05, 0.1) is 19.6 Å². The van der Waals surface area contributed by atoms with Gasteiger partial charge in [0, 0.05) is 0 Å². The fourth-order valence-corrected chi connectivity index (χ4v) is 2.62. The molecular weight excluding hydrogens is 305 g/mol. The minimum atomic E-state index is -0.296. The number of carbonyl (C=O) groups is 1. The first-order valence-electron chi connectivity index (χ1n) is 8.15. The summed E-state index contributed by atoms with van der Waals surface area (Å²) in [5, 5.41) is 3.09. The molecule has 0 heterocycles. The average molecular weight is 329 g/mol. The molecule has 0 saturated carbocycles. The number of benzene rings is 2. The summed E-state index contributed by atoms with van der Waals surface area (Å²) in [6, 6.07) is 13.7. The normalized spacial score (nSPS) is 12.0. The van der Waals surface area contributed by atoms with Crippen molar-refractivity contribution in [3.8, 4) is 5.75 Å². The molecule has 0 aliphatic carbocycles. The van der Waals surface area contributed by atoms with E-state index in [2.05, 4.69) is 19.2 Å². The molecule has 0 aliphatic heterocycles. The quantitative estimate of drug-likeness (QED) is 0.823. The third-order valence-electron chi connectivity index (χ3n) is 3.84. The van der Waals surface area contributed by atoms with Crippen LogP contribution in [0.2, 0.25) is 0 Å². The average Bonchev–Trinajstić information content (AvgIpc) is 2.56. The van der Waals surface area contributed by atoms with Gasteiger partial charge in [-0.1, -0.05) is 38.1 Å². The van der Waals surface area contributed by atoms with E-state index in [0.717, 1.165) is 23.3 Å². The Balaban J connectivity index is 2.06. The highest BCUT2D eigenvalue weighted by Gasteiger charge is 2.16. The lowest BCUT2D eigenvalue weighted by Crippen LogP contribution is -2.30. The molecule has 1 atom stereocenters. The lowest BCUT2D eigenvalue weighted by molar-refractivity contribution is -0.121. The first-order valence-corrected chi connectivity index (χ1v) is 8.15. The summed E-state index contributed by atoms with van der Waals surface area (Å²) in [5.74, 6) is 0.876. The van der Waals surface area contributed by atoms with Crippen LogP contribution in [0.5, 0.6) is 5.75 Å². The zero-order valence-corrected chi connectivity index (χ0v) is 14.4. The third-order valence-corrected chi connectivity index (χ3v) is 3.84. The third kappa shape index (κ3) is 5.37. The Bertz CT molecular complexity index is 650. The van der Waals surface area contributed by atoms with Crippen molar-refractivity contribution in [1.29, 1.82) is 0 Å². The minimum absolute atomic E-state index is 0.0520. The Labute approximate surface area is 142 Å². The maximum Gasteiger partial charge on any atom is 0.224 e. The van der Waals surface area contributed by atoms with Crippen molar-refractivity contribution in [3.05, 3.63) is 65.5 Å². The van der Waals surface area contributed by atoms with Crippen LogP contribution >= 0.6 is 0 Å². The lowest BCUT2D eigenvalue weighted by Gasteiger charge is -2.21. The molecule has 3 nitrogen and oxygen atoms in total.